The molecule has 2 aromatic rings. The number of nitrogens with one attached hydrogen (secondary N) is 1. The van der Waals surface area contributed by atoms with E-state index in [0.29, 0.717) is 12.2 Å². The zero-order valence-corrected chi connectivity index (χ0v) is 13.2. The number of halogens is 1. The van der Waals surface area contributed by atoms with Crippen LogP contribution in [0.5, 0.6) is 0 Å². The SMILES string of the molecule is CCn1cc(Br)c(C(=O)NCCCn2cc(C)cn2)n1. The lowest BCUT2D eigenvalue weighted by molar-refractivity contribution is 0.0946. The molecule has 0 fully saturated rings. The van der Waals surface area contributed by atoms with Crippen LogP contribution in [-0.4, -0.2) is 32.0 Å². The molecule has 1 amide bonds. The highest BCUT2D eigenvalue weighted by Gasteiger charge is 2.14. The molecule has 0 spiro atoms. The van der Waals surface area contributed by atoms with Crippen LogP contribution in [0.1, 0.15) is 29.4 Å². The van der Waals surface area contributed by atoms with Crippen LogP contribution in [-0.2, 0) is 13.1 Å². The first kappa shape index (κ1) is 14.8. The van der Waals surface area contributed by atoms with Crippen molar-refractivity contribution in [2.24, 2.45) is 0 Å². The van der Waals surface area contributed by atoms with Crippen LogP contribution >= 0.6 is 15.9 Å². The molecule has 0 saturated heterocycles. The summed E-state index contributed by atoms with van der Waals surface area (Å²) in [5.41, 5.74) is 1.57. The Morgan fingerprint density at radius 1 is 1.40 bits per heavy atom. The van der Waals surface area contributed by atoms with E-state index in [4.69, 9.17) is 0 Å². The van der Waals surface area contributed by atoms with Gasteiger partial charge in [-0.15, -0.1) is 0 Å². The maximum Gasteiger partial charge on any atom is 0.272 e. The van der Waals surface area contributed by atoms with E-state index in [2.05, 4.69) is 31.4 Å². The number of hydrogen-bond donors (Lipinski definition) is 1. The fourth-order valence-electron chi connectivity index (χ4n) is 1.83. The number of rotatable bonds is 6. The Labute approximate surface area is 126 Å². The van der Waals surface area contributed by atoms with Gasteiger partial charge in [0.2, 0.25) is 0 Å². The summed E-state index contributed by atoms with van der Waals surface area (Å²) < 4.78 is 4.33. The molecule has 0 aliphatic carbocycles. The van der Waals surface area contributed by atoms with Crippen LogP contribution in [0, 0.1) is 6.92 Å². The van der Waals surface area contributed by atoms with Gasteiger partial charge in [-0.25, -0.2) is 0 Å². The number of aromatic nitrogens is 4. The molecule has 2 rings (SSSR count). The minimum atomic E-state index is -0.152. The van der Waals surface area contributed by atoms with Gasteiger partial charge in [-0.05, 0) is 41.8 Å². The van der Waals surface area contributed by atoms with Gasteiger partial charge in [0.15, 0.2) is 5.69 Å². The monoisotopic (exact) mass is 339 g/mol. The molecule has 0 atom stereocenters. The number of carbonyl (C=O) groups excluding carboxylic acids is 1. The van der Waals surface area contributed by atoms with E-state index in [9.17, 15) is 4.79 Å². The predicted octanol–water partition coefficient (Wildman–Crippen LogP) is 1.99. The highest BCUT2D eigenvalue weighted by Crippen LogP contribution is 2.14. The average molecular weight is 340 g/mol. The molecule has 0 aromatic carbocycles. The van der Waals surface area contributed by atoms with Crippen LogP contribution in [0.25, 0.3) is 0 Å². The van der Waals surface area contributed by atoms with Crippen LogP contribution in [0.3, 0.4) is 0 Å². The van der Waals surface area contributed by atoms with Gasteiger partial charge in [-0.1, -0.05) is 0 Å². The second kappa shape index (κ2) is 6.69. The van der Waals surface area contributed by atoms with Crippen molar-refractivity contribution < 1.29 is 4.79 Å². The molecule has 7 heteroatoms. The Bertz CT molecular complexity index is 589. The van der Waals surface area contributed by atoms with Crippen LogP contribution in [0.2, 0.25) is 0 Å². The Kier molecular flexibility index (Phi) is 4.94. The smallest absolute Gasteiger partial charge is 0.272 e. The number of hydrogen-bond acceptors (Lipinski definition) is 3. The maximum absolute atomic E-state index is 12.0. The Morgan fingerprint density at radius 2 is 2.20 bits per heavy atom. The van der Waals surface area contributed by atoms with Crippen molar-refractivity contribution in [3.05, 3.63) is 34.3 Å². The molecule has 1 N–H and O–H groups in total. The molecule has 108 valence electrons. The molecule has 0 aliphatic heterocycles. The van der Waals surface area contributed by atoms with E-state index in [1.165, 1.54) is 0 Å². The largest absolute Gasteiger partial charge is 0.351 e. The van der Waals surface area contributed by atoms with Crippen molar-refractivity contribution >= 4 is 21.8 Å². The first-order chi connectivity index (χ1) is 9.60. The Balaban J connectivity index is 1.78. The van der Waals surface area contributed by atoms with Gasteiger partial charge in [-0.3, -0.25) is 14.2 Å². The van der Waals surface area contributed by atoms with Gasteiger partial charge in [0.05, 0.1) is 10.7 Å². The second-order valence-electron chi connectivity index (χ2n) is 4.57. The van der Waals surface area contributed by atoms with E-state index in [-0.39, 0.29) is 5.91 Å². The fourth-order valence-corrected chi connectivity index (χ4v) is 2.32. The number of amides is 1. The van der Waals surface area contributed by atoms with Crippen molar-refractivity contribution in [3.8, 4) is 0 Å². The number of aryl methyl sites for hydroxylation is 3. The van der Waals surface area contributed by atoms with Gasteiger partial charge >= 0.3 is 0 Å². The summed E-state index contributed by atoms with van der Waals surface area (Å²) in [6.07, 6.45) is 6.45. The molecule has 0 unspecified atom stereocenters. The summed E-state index contributed by atoms with van der Waals surface area (Å²) in [6.45, 7) is 6.12. The molecule has 0 aliphatic rings. The standard InChI is InChI=1S/C13H18BrN5O/c1-3-18-9-11(14)12(17-18)13(20)15-5-4-6-19-8-10(2)7-16-19/h7-9H,3-6H2,1-2H3,(H,15,20). The third-order valence-electron chi connectivity index (χ3n) is 2.87. The third-order valence-corrected chi connectivity index (χ3v) is 3.45. The second-order valence-corrected chi connectivity index (χ2v) is 5.43. The van der Waals surface area contributed by atoms with Gasteiger partial charge in [0.1, 0.15) is 0 Å². The summed E-state index contributed by atoms with van der Waals surface area (Å²) in [5, 5.41) is 11.3. The minimum Gasteiger partial charge on any atom is -0.351 e. The van der Waals surface area contributed by atoms with E-state index < -0.39 is 0 Å². The summed E-state index contributed by atoms with van der Waals surface area (Å²) in [4.78, 5) is 12.0. The maximum atomic E-state index is 12.0. The topological polar surface area (TPSA) is 64.7 Å². The number of carbonyl (C=O) groups is 1. The molecular formula is C13H18BrN5O. The van der Waals surface area contributed by atoms with Crippen LogP contribution in [0.15, 0.2) is 23.1 Å². The molecule has 6 nitrogen and oxygen atoms in total. The summed E-state index contributed by atoms with van der Waals surface area (Å²) >= 11 is 3.35. The lowest BCUT2D eigenvalue weighted by Gasteiger charge is -2.04. The third kappa shape index (κ3) is 3.69. The van der Waals surface area contributed by atoms with Crippen molar-refractivity contribution in [1.29, 1.82) is 0 Å². The zero-order valence-electron chi connectivity index (χ0n) is 11.6. The predicted molar refractivity (Wildman–Crippen MR) is 79.5 cm³/mol. The lowest BCUT2D eigenvalue weighted by Crippen LogP contribution is -2.26. The first-order valence-corrected chi connectivity index (χ1v) is 7.39. The molecular weight excluding hydrogens is 322 g/mol. The van der Waals surface area contributed by atoms with E-state index >= 15 is 0 Å². The molecule has 2 aromatic heterocycles. The van der Waals surface area contributed by atoms with Crippen molar-refractivity contribution in [2.75, 3.05) is 6.54 Å². The summed E-state index contributed by atoms with van der Waals surface area (Å²) in [6, 6.07) is 0. The summed E-state index contributed by atoms with van der Waals surface area (Å²) in [7, 11) is 0. The van der Waals surface area contributed by atoms with E-state index in [0.717, 1.165) is 29.5 Å². The minimum absolute atomic E-state index is 0.152. The van der Waals surface area contributed by atoms with Gasteiger partial charge < -0.3 is 5.32 Å². The van der Waals surface area contributed by atoms with Crippen molar-refractivity contribution in [1.82, 2.24) is 24.9 Å². The lowest BCUT2D eigenvalue weighted by atomic mass is 10.3. The van der Waals surface area contributed by atoms with Gasteiger partial charge in [-0.2, -0.15) is 10.2 Å². The summed E-state index contributed by atoms with van der Waals surface area (Å²) in [5.74, 6) is -0.152. The normalized spacial score (nSPS) is 10.8. The first-order valence-electron chi connectivity index (χ1n) is 6.60. The van der Waals surface area contributed by atoms with Gasteiger partial charge in [0.25, 0.3) is 5.91 Å². The van der Waals surface area contributed by atoms with E-state index in [1.54, 1.807) is 10.9 Å². The van der Waals surface area contributed by atoms with Crippen molar-refractivity contribution in [2.45, 2.75) is 33.4 Å². The molecule has 0 bridgehead atoms. The van der Waals surface area contributed by atoms with E-state index in [1.807, 2.05) is 30.9 Å². The molecule has 20 heavy (non-hydrogen) atoms. The van der Waals surface area contributed by atoms with Crippen molar-refractivity contribution in [3.63, 3.8) is 0 Å². The molecule has 0 saturated carbocycles. The quantitative estimate of drug-likeness (QED) is 0.818. The Hall–Kier alpha value is -1.63. The highest BCUT2D eigenvalue weighted by atomic mass is 79.9. The van der Waals surface area contributed by atoms with Gasteiger partial charge in [0, 0.05) is 32.0 Å². The zero-order chi connectivity index (χ0) is 14.5. The molecule has 2 heterocycles. The van der Waals surface area contributed by atoms with Crippen LogP contribution < -0.4 is 5.32 Å². The average Bonchev–Trinajstić information content (AvgIpc) is 3.00. The van der Waals surface area contributed by atoms with Crippen LogP contribution in [0.4, 0.5) is 0 Å². The molecule has 0 radical (unpaired) electrons. The fraction of sp³-hybridized carbons (Fsp3) is 0.462. The highest BCUT2D eigenvalue weighted by molar-refractivity contribution is 9.10. The number of nitrogens with zero attached hydrogens (tertiary/aromatic N) is 4. The Morgan fingerprint density at radius 3 is 2.80 bits per heavy atom.